The number of H-pyrrole nitrogens is 8. The van der Waals surface area contributed by atoms with Gasteiger partial charge in [-0.05, 0) is 104 Å². The van der Waals surface area contributed by atoms with E-state index in [1.54, 1.807) is 165 Å². The molecule has 8 heterocycles. The predicted octanol–water partition coefficient (Wildman–Crippen LogP) is 0.0319. The minimum absolute atomic E-state index is 0.0418. The molecule has 0 bridgehead atoms. The van der Waals surface area contributed by atoms with Crippen molar-refractivity contribution >= 4 is 63.5 Å². The Bertz CT molecular complexity index is 4350. The highest BCUT2D eigenvalue weighted by Gasteiger charge is 2.55. The minimum Gasteiger partial charge on any atom is -0.779 e. The van der Waals surface area contributed by atoms with Gasteiger partial charge in [0.15, 0.2) is 55.1 Å². The number of rotatable bonds is 24. The van der Waals surface area contributed by atoms with Crippen molar-refractivity contribution in [3.8, 4) is 0 Å². The lowest BCUT2D eigenvalue weighted by Crippen LogP contribution is -2.67. The molecule has 0 amide bonds. The molecular formula is C71H145N24O21P2S3+. The van der Waals surface area contributed by atoms with Crippen LogP contribution >= 0.6 is 15.2 Å². The lowest BCUT2D eigenvalue weighted by molar-refractivity contribution is -0.820. The summed E-state index contributed by atoms with van der Waals surface area (Å²) in [5.41, 5.74) is -5.53. The van der Waals surface area contributed by atoms with E-state index in [2.05, 4.69) is 89.4 Å². The Kier molecular flexibility index (Phi) is 61.9. The molecule has 0 saturated carbocycles. The molecular weight excluding hydrogens is 1680 g/mol. The number of carbonyl (C=O) groups is 3. The number of carbonyl (C=O) groups excluding carboxylic acids is 3. The van der Waals surface area contributed by atoms with E-state index in [-0.39, 0.29) is 25.7 Å². The van der Waals surface area contributed by atoms with Crippen LogP contribution in [-0.4, -0.2) is 176 Å². The van der Waals surface area contributed by atoms with Crippen molar-refractivity contribution in [2.24, 2.45) is 10.8 Å². The van der Waals surface area contributed by atoms with Gasteiger partial charge in [-0.3, -0.25) is 0 Å². The molecule has 3 atom stereocenters. The first-order valence-corrected chi connectivity index (χ1v) is 46.6. The van der Waals surface area contributed by atoms with Gasteiger partial charge in [0.2, 0.25) is 54.3 Å². The summed E-state index contributed by atoms with van der Waals surface area (Å²) in [6, 6.07) is 0. The number of hydrogen-bond acceptors (Lipinski definition) is 27. The van der Waals surface area contributed by atoms with Gasteiger partial charge >= 0.3 is 0 Å². The lowest BCUT2D eigenvalue weighted by atomic mass is 9.74. The van der Waals surface area contributed by atoms with Gasteiger partial charge in [-0.1, -0.05) is 180 Å². The fourth-order valence-electron chi connectivity index (χ4n) is 7.91. The molecule has 8 rings (SSSR count). The first-order chi connectivity index (χ1) is 55.2. The zero-order valence-corrected chi connectivity index (χ0v) is 81.9. The van der Waals surface area contributed by atoms with Gasteiger partial charge in [-0.25, -0.2) is 25.3 Å². The second-order valence-corrected chi connectivity index (χ2v) is 37.9. The van der Waals surface area contributed by atoms with Crippen LogP contribution < -0.4 is 62.6 Å². The summed E-state index contributed by atoms with van der Waals surface area (Å²) in [4.78, 5) is 71.1. The molecule has 0 radical (unpaired) electrons. The number of aromatic amines is 8. The summed E-state index contributed by atoms with van der Waals surface area (Å²) in [6.45, 7) is 66.6. The molecule has 702 valence electrons. The number of carboxylic acids is 3. The summed E-state index contributed by atoms with van der Waals surface area (Å²) in [5.74, 6) is -3.68. The van der Waals surface area contributed by atoms with Gasteiger partial charge in [0, 0.05) is 64.0 Å². The molecule has 50 heteroatoms. The maximum absolute atomic E-state index is 11.1. The van der Waals surface area contributed by atoms with Gasteiger partial charge in [-0.2, -0.15) is 37.5 Å². The van der Waals surface area contributed by atoms with E-state index >= 15 is 0 Å². The summed E-state index contributed by atoms with van der Waals surface area (Å²) in [5, 5.41) is 81.1. The Balaban J connectivity index is -0.000000196. The van der Waals surface area contributed by atoms with Gasteiger partial charge in [0.05, 0.1) is 50.8 Å². The second-order valence-electron chi connectivity index (χ2n) is 28.9. The van der Waals surface area contributed by atoms with Gasteiger partial charge in [-0.15, -0.1) is 0 Å². The van der Waals surface area contributed by atoms with Crippen LogP contribution in [0.3, 0.4) is 0 Å². The standard InChI is InChI=1S/C9H15N3O2.C8H13N3O3S.2C7H11N3O2.2C6H12N3O3P.2C6H11N3O3S.8C2H6/c1-8(2,7(13)14)9(3,4)12-6-5-10-11-12;1-7(2,11-6-5-9-10-11)8(3,4)15(12,13)14;1-7(2,6(11)12)5-10-4-3-8-9-10;1-7(2,5-6(11)12)10-4-3-8-9-10;1-6(2,5-13(10,11)12)9-4-3-7-8-9;1-6(2,13(10,11)12)5-9-4-3-7-8-9;1-6(2,5-13(10,11)12)9-4-3-7-8-9;1-6(2,13(10,11)12)5-9-4-3-7-8-9;8*1-2/h5-6H,1-4H3,(H,13,14);5-6H,3H2,1-2,4H3;2*3-4H,5H2,1-2H3,(H,11,12);2*3-4H,5H2,1-2H3,(H2,10,11,12);2*3-4H,5H2,1-2H3,(H,10,11,12);8*1-2H3/p+1. The highest BCUT2D eigenvalue weighted by atomic mass is 32.2. The van der Waals surface area contributed by atoms with Crippen molar-refractivity contribution in [3.05, 3.63) is 106 Å². The van der Waals surface area contributed by atoms with E-state index in [4.69, 9.17) is 9.79 Å². The van der Waals surface area contributed by atoms with Crippen LogP contribution in [0.15, 0.2) is 99.1 Å². The molecule has 45 nitrogen and oxygen atoms in total. The van der Waals surface area contributed by atoms with Crippen LogP contribution in [0.4, 0.5) is 0 Å². The molecule has 0 aliphatic carbocycles. The van der Waals surface area contributed by atoms with Crippen molar-refractivity contribution in [2.75, 3.05) is 11.9 Å². The molecule has 8 aromatic heterocycles. The first kappa shape index (κ1) is 128. The first-order valence-electron chi connectivity index (χ1n) is 38.9. The minimum atomic E-state index is -4.52. The fourth-order valence-corrected chi connectivity index (χ4v) is 11.4. The lowest BCUT2D eigenvalue weighted by Gasteiger charge is -2.38. The van der Waals surface area contributed by atoms with Crippen LogP contribution in [-0.2, 0) is 101 Å². The topological polar surface area (TPSA) is 673 Å². The third kappa shape index (κ3) is 48.2. The molecule has 10 N–H and O–H groups in total. The maximum atomic E-state index is 11.1. The number of hydrogen-bond donors (Lipinski definition) is 10. The van der Waals surface area contributed by atoms with Crippen LogP contribution in [0.2, 0.25) is 0 Å². The zero-order chi connectivity index (χ0) is 97.7. The number of nitrogens with zero attached hydrogens (tertiary/aromatic N) is 16. The van der Waals surface area contributed by atoms with Crippen LogP contribution in [0, 0.1) is 17.8 Å². The molecule has 0 aromatic carbocycles. The van der Waals surface area contributed by atoms with E-state index in [1.807, 2.05) is 125 Å². The summed E-state index contributed by atoms with van der Waals surface area (Å²) >= 11 is 0. The number of aromatic nitrogens is 24. The van der Waals surface area contributed by atoms with Gasteiger partial charge < -0.3 is 72.1 Å². The third-order valence-corrected chi connectivity index (χ3v) is 23.2. The molecule has 0 fully saturated rings. The quantitative estimate of drug-likeness (QED) is 0.0165. The third-order valence-electron chi connectivity index (χ3n) is 16.2. The van der Waals surface area contributed by atoms with E-state index in [0.717, 1.165) is 0 Å². The molecule has 0 spiro atoms. The number of carboxylic acid groups (broad SMARTS) is 3. The molecule has 0 saturated heterocycles. The molecule has 3 unspecified atom stereocenters. The zero-order valence-electron chi connectivity index (χ0n) is 77.6. The van der Waals surface area contributed by atoms with Crippen LogP contribution in [0.25, 0.3) is 0 Å². The Labute approximate surface area is 716 Å². The predicted molar refractivity (Wildman–Crippen MR) is 435 cm³/mol. The summed E-state index contributed by atoms with van der Waals surface area (Å²) in [6.07, 6.45) is 24.7. The van der Waals surface area contributed by atoms with Crippen molar-refractivity contribution in [3.63, 3.8) is 0 Å². The Morgan fingerprint density at radius 1 is 0.388 bits per heavy atom. The summed E-state index contributed by atoms with van der Waals surface area (Å²) in [7, 11) is -21.6. The Morgan fingerprint density at radius 2 is 0.661 bits per heavy atom. The molecule has 0 aliphatic heterocycles. The van der Waals surface area contributed by atoms with Crippen LogP contribution in [0.5, 0.6) is 0 Å². The molecule has 121 heavy (non-hydrogen) atoms. The van der Waals surface area contributed by atoms with Crippen molar-refractivity contribution in [1.82, 2.24) is 82.5 Å². The van der Waals surface area contributed by atoms with Crippen LogP contribution in [0.1, 0.15) is 249 Å². The van der Waals surface area contributed by atoms with Crippen molar-refractivity contribution < 1.29 is 135 Å². The smallest absolute Gasteiger partial charge is 0.234 e. The number of nitrogens with one attached hydrogen (secondary N) is 8. The van der Waals surface area contributed by atoms with E-state index < -0.39 is 122 Å². The van der Waals surface area contributed by atoms with E-state index in [9.17, 15) is 87.5 Å². The second kappa shape index (κ2) is 58.5. The maximum Gasteiger partial charge on any atom is 0.234 e. The normalized spacial score (nSPS) is 12.8. The molecule has 8 aromatic rings. The monoisotopic (exact) mass is 1830 g/mol. The highest BCUT2D eigenvalue weighted by molar-refractivity contribution is 7.87. The van der Waals surface area contributed by atoms with Gasteiger partial charge in [0.25, 0.3) is 0 Å². The molecule has 0 aliphatic rings. The fraction of sp³-hybridized carbons (Fsp3) is 0.718. The largest absolute Gasteiger partial charge is 0.779 e. The number of aliphatic carboxylic acids is 3. The van der Waals surface area contributed by atoms with Crippen molar-refractivity contribution in [1.29, 1.82) is 0 Å². The average Bonchev–Trinajstić information content (AvgIpc) is 1.75. The Morgan fingerprint density at radius 3 is 0.901 bits per heavy atom. The van der Waals surface area contributed by atoms with Gasteiger partial charge in [0.1, 0.15) is 77.2 Å². The van der Waals surface area contributed by atoms with E-state index in [0.29, 0.717) is 6.54 Å². The van der Waals surface area contributed by atoms with Crippen molar-refractivity contribution in [2.45, 2.75) is 311 Å². The summed E-state index contributed by atoms with van der Waals surface area (Å²) < 4.78 is 128. The average molecular weight is 1830 g/mol. The Hall–Kier alpha value is -8.57. The highest BCUT2D eigenvalue weighted by Crippen LogP contribution is 2.46. The SMILES string of the molecule is CC.CC.CC.CC.CC.CC.CC.CC.CC(C)(C(=O)[O-])C(C)(C)[n+]1ccn[nH]1.CC(C)(CC(=O)[O-])[n+]1ccn[nH]1.CC(C)(CP(=O)([O-])O)[n+]1ccn[nH]1.CC(C)(CS(=O)(=O)[O-])[n+]1ccn[nH]1.CC(C)(C[n+]1ccn[nH]1)C(=O)[O-].CC(C)(C[n+]1ccn[nH]1)P(=O)([O-])O.CC(C)(C[n+]1ccn[nH]1)S(=O)(=O)[O-].[CH2+]C(C)(C(C)(C)[n+]1ccn[nH]1)S(=O)(=O)[O-]. The van der Waals surface area contributed by atoms with E-state index in [1.165, 1.54) is 89.0 Å².